The summed E-state index contributed by atoms with van der Waals surface area (Å²) in [7, 11) is 0. The normalized spacial score (nSPS) is 13.0. The van der Waals surface area contributed by atoms with Gasteiger partial charge in [0, 0.05) is 16.1 Å². The second-order valence-corrected chi connectivity index (χ2v) is 5.93. The number of hydrogen-bond donors (Lipinski definition) is 2. The lowest BCUT2D eigenvalue weighted by Crippen LogP contribution is -2.24. The smallest absolute Gasteiger partial charge is 0.280 e. The van der Waals surface area contributed by atoms with E-state index in [0.29, 0.717) is 16.1 Å². The molecule has 4 nitrogen and oxygen atoms in total. The number of carbonyl (C=O) groups excluding carboxylic acids is 1. The van der Waals surface area contributed by atoms with E-state index in [1.807, 2.05) is 12.1 Å². The van der Waals surface area contributed by atoms with Crippen molar-refractivity contribution in [3.05, 3.63) is 75.6 Å². The lowest BCUT2D eigenvalue weighted by molar-refractivity contribution is 0.100. The van der Waals surface area contributed by atoms with Crippen LogP contribution in [0.15, 0.2) is 47.5 Å². The number of aliphatic imine (C=N–C) groups is 1. The molecular formula is C18H15ClFN3O. The van der Waals surface area contributed by atoms with Crippen LogP contribution in [-0.2, 0) is 6.42 Å². The summed E-state index contributed by atoms with van der Waals surface area (Å²) in [5.41, 5.74) is 13.8. The summed E-state index contributed by atoms with van der Waals surface area (Å²) in [5, 5.41) is 0.451. The maximum absolute atomic E-state index is 14.3. The minimum absolute atomic E-state index is 0.297. The minimum Gasteiger partial charge on any atom is -0.370 e. The Kier molecular flexibility index (Phi) is 4.36. The second kappa shape index (κ2) is 6.45. The van der Waals surface area contributed by atoms with Gasteiger partial charge in [-0.2, -0.15) is 4.99 Å². The summed E-state index contributed by atoms with van der Waals surface area (Å²) in [5.74, 6) is -1.19. The molecule has 0 aliphatic heterocycles. The Balaban J connectivity index is 2.11. The summed E-state index contributed by atoms with van der Waals surface area (Å²) in [6.07, 6.45) is 3.55. The molecule has 24 heavy (non-hydrogen) atoms. The molecule has 2 aromatic rings. The SMILES string of the molecule is NC(N)=NC(=O)c1ccc2c(c1)C(c1cc(Cl)ccc1F)=CCC2. The van der Waals surface area contributed by atoms with Gasteiger partial charge in [0.25, 0.3) is 5.91 Å². The number of nitrogens with two attached hydrogens (primary N) is 2. The van der Waals surface area contributed by atoms with Crippen molar-refractivity contribution in [2.24, 2.45) is 16.5 Å². The summed E-state index contributed by atoms with van der Waals surface area (Å²) in [6.45, 7) is 0. The van der Waals surface area contributed by atoms with Crippen LogP contribution in [0.4, 0.5) is 4.39 Å². The van der Waals surface area contributed by atoms with Gasteiger partial charge in [-0.15, -0.1) is 0 Å². The molecule has 2 aromatic carbocycles. The van der Waals surface area contributed by atoms with E-state index >= 15 is 0 Å². The molecule has 0 unspecified atom stereocenters. The molecule has 0 saturated heterocycles. The van der Waals surface area contributed by atoms with E-state index in [0.717, 1.165) is 29.5 Å². The number of halogens is 2. The van der Waals surface area contributed by atoms with Crippen molar-refractivity contribution in [2.75, 3.05) is 0 Å². The molecular weight excluding hydrogens is 329 g/mol. The Morgan fingerprint density at radius 3 is 2.67 bits per heavy atom. The number of guanidine groups is 1. The van der Waals surface area contributed by atoms with Gasteiger partial charge in [-0.1, -0.05) is 23.7 Å². The third-order valence-electron chi connectivity index (χ3n) is 3.86. The van der Waals surface area contributed by atoms with Gasteiger partial charge in [0.1, 0.15) is 5.82 Å². The lowest BCUT2D eigenvalue weighted by Gasteiger charge is -2.19. The van der Waals surface area contributed by atoms with E-state index in [9.17, 15) is 9.18 Å². The monoisotopic (exact) mass is 343 g/mol. The Bertz CT molecular complexity index is 886. The zero-order valence-electron chi connectivity index (χ0n) is 12.7. The van der Waals surface area contributed by atoms with Gasteiger partial charge in [-0.25, -0.2) is 4.39 Å². The molecule has 0 atom stereocenters. The maximum Gasteiger partial charge on any atom is 0.280 e. The highest BCUT2D eigenvalue weighted by atomic mass is 35.5. The fourth-order valence-electron chi connectivity index (χ4n) is 2.80. The van der Waals surface area contributed by atoms with Crippen LogP contribution in [0.2, 0.25) is 5.02 Å². The van der Waals surface area contributed by atoms with Crippen molar-refractivity contribution < 1.29 is 9.18 Å². The second-order valence-electron chi connectivity index (χ2n) is 5.49. The Morgan fingerprint density at radius 1 is 1.12 bits per heavy atom. The van der Waals surface area contributed by atoms with Crippen molar-refractivity contribution in [2.45, 2.75) is 12.8 Å². The van der Waals surface area contributed by atoms with Crippen LogP contribution in [0.3, 0.4) is 0 Å². The first-order chi connectivity index (χ1) is 11.5. The van der Waals surface area contributed by atoms with Crippen LogP contribution >= 0.6 is 11.6 Å². The summed E-state index contributed by atoms with van der Waals surface area (Å²) >= 11 is 6.01. The number of amides is 1. The first kappa shape index (κ1) is 16.2. The number of allylic oxidation sites excluding steroid dienone is 1. The summed E-state index contributed by atoms with van der Waals surface area (Å²) in [4.78, 5) is 15.6. The number of carbonyl (C=O) groups is 1. The summed E-state index contributed by atoms with van der Waals surface area (Å²) in [6, 6.07) is 9.63. The predicted molar refractivity (Wildman–Crippen MR) is 93.4 cm³/mol. The van der Waals surface area contributed by atoms with Crippen LogP contribution in [-0.4, -0.2) is 11.9 Å². The summed E-state index contributed by atoms with van der Waals surface area (Å²) < 4.78 is 14.3. The van der Waals surface area contributed by atoms with Gasteiger partial charge in [0.15, 0.2) is 5.96 Å². The quantitative estimate of drug-likeness (QED) is 0.648. The van der Waals surface area contributed by atoms with Crippen molar-refractivity contribution >= 4 is 29.0 Å². The van der Waals surface area contributed by atoms with Crippen LogP contribution in [0.1, 0.15) is 33.5 Å². The highest BCUT2D eigenvalue weighted by molar-refractivity contribution is 6.30. The van der Waals surface area contributed by atoms with Crippen molar-refractivity contribution in [1.82, 2.24) is 0 Å². The molecule has 0 fully saturated rings. The molecule has 4 N–H and O–H groups in total. The van der Waals surface area contributed by atoms with Gasteiger partial charge < -0.3 is 11.5 Å². The third-order valence-corrected chi connectivity index (χ3v) is 4.09. The molecule has 3 rings (SSSR count). The standard InChI is InChI=1S/C18H15ClFN3O/c19-12-6-7-16(20)15(9-12)13-3-1-2-10-4-5-11(8-14(10)13)17(24)23-18(21)22/h3-9H,1-2H2,(H4,21,22,23,24). The molecule has 1 amide bonds. The lowest BCUT2D eigenvalue weighted by atomic mass is 9.85. The van der Waals surface area contributed by atoms with Gasteiger partial charge >= 0.3 is 0 Å². The molecule has 122 valence electrons. The minimum atomic E-state index is -0.533. The fraction of sp³-hybridized carbons (Fsp3) is 0.111. The van der Waals surface area contributed by atoms with Crippen LogP contribution in [0, 0.1) is 5.82 Å². The van der Waals surface area contributed by atoms with Crippen molar-refractivity contribution in [3.63, 3.8) is 0 Å². The Hall–Kier alpha value is -2.66. The zero-order chi connectivity index (χ0) is 17.3. The molecule has 0 bridgehead atoms. The number of rotatable bonds is 2. The van der Waals surface area contributed by atoms with Crippen LogP contribution < -0.4 is 11.5 Å². The molecule has 1 aliphatic rings. The van der Waals surface area contributed by atoms with E-state index in [1.165, 1.54) is 12.1 Å². The maximum atomic E-state index is 14.3. The molecule has 0 spiro atoms. The number of nitrogens with zero attached hydrogens (tertiary/aromatic N) is 1. The number of aryl methyl sites for hydroxylation is 1. The average Bonchev–Trinajstić information content (AvgIpc) is 2.55. The van der Waals surface area contributed by atoms with E-state index in [2.05, 4.69) is 4.99 Å². The molecule has 0 radical (unpaired) electrons. The first-order valence-electron chi connectivity index (χ1n) is 7.38. The van der Waals surface area contributed by atoms with E-state index in [4.69, 9.17) is 23.1 Å². The van der Waals surface area contributed by atoms with E-state index in [1.54, 1.807) is 18.2 Å². The van der Waals surface area contributed by atoms with Crippen molar-refractivity contribution in [1.29, 1.82) is 0 Å². The van der Waals surface area contributed by atoms with Crippen LogP contribution in [0.25, 0.3) is 5.57 Å². The van der Waals surface area contributed by atoms with Crippen molar-refractivity contribution in [3.8, 4) is 0 Å². The van der Waals surface area contributed by atoms with E-state index < -0.39 is 5.91 Å². The molecule has 0 aromatic heterocycles. The molecule has 1 aliphatic carbocycles. The zero-order valence-corrected chi connectivity index (χ0v) is 13.5. The fourth-order valence-corrected chi connectivity index (χ4v) is 2.97. The largest absolute Gasteiger partial charge is 0.370 e. The molecule has 6 heteroatoms. The highest BCUT2D eigenvalue weighted by Crippen LogP contribution is 2.34. The Morgan fingerprint density at radius 2 is 1.92 bits per heavy atom. The predicted octanol–water partition coefficient (Wildman–Crippen LogP) is 3.27. The highest BCUT2D eigenvalue weighted by Gasteiger charge is 2.19. The first-order valence-corrected chi connectivity index (χ1v) is 7.76. The number of benzene rings is 2. The van der Waals surface area contributed by atoms with Gasteiger partial charge in [0.05, 0.1) is 0 Å². The van der Waals surface area contributed by atoms with Gasteiger partial charge in [-0.05, 0) is 59.9 Å². The van der Waals surface area contributed by atoms with Crippen LogP contribution in [0.5, 0.6) is 0 Å². The van der Waals surface area contributed by atoms with E-state index in [-0.39, 0.29) is 11.8 Å². The number of hydrogen-bond acceptors (Lipinski definition) is 1. The number of fused-ring (bicyclic) bond motifs is 1. The van der Waals surface area contributed by atoms with Gasteiger partial charge in [-0.3, -0.25) is 4.79 Å². The average molecular weight is 344 g/mol. The molecule has 0 heterocycles. The Labute approximate surface area is 143 Å². The topological polar surface area (TPSA) is 81.5 Å². The third kappa shape index (κ3) is 3.16. The molecule has 0 saturated carbocycles. The van der Waals surface area contributed by atoms with Gasteiger partial charge in [0.2, 0.25) is 0 Å².